The maximum atomic E-state index is 12.0. The van der Waals surface area contributed by atoms with Crippen LogP contribution in [0.1, 0.15) is 12.8 Å². The van der Waals surface area contributed by atoms with Gasteiger partial charge in [-0.2, -0.15) is 0 Å². The average molecular weight is 287 g/mol. The molecule has 20 heavy (non-hydrogen) atoms. The third-order valence-corrected chi connectivity index (χ3v) is 3.32. The Hall–Kier alpha value is -1.34. The van der Waals surface area contributed by atoms with E-state index in [1.165, 1.54) is 12.0 Å². The lowest BCUT2D eigenvalue weighted by molar-refractivity contribution is -0.127. The first-order valence-electron chi connectivity index (χ1n) is 6.86. The Morgan fingerprint density at radius 1 is 1.50 bits per heavy atom. The van der Waals surface area contributed by atoms with Crippen LogP contribution in [-0.2, 0) is 9.53 Å². The second-order valence-corrected chi connectivity index (χ2v) is 5.32. The maximum absolute atomic E-state index is 12.0. The van der Waals surface area contributed by atoms with Crippen LogP contribution in [0.2, 0.25) is 0 Å². The van der Waals surface area contributed by atoms with E-state index in [1.807, 2.05) is 0 Å². The van der Waals surface area contributed by atoms with E-state index in [-0.39, 0.29) is 31.0 Å². The summed E-state index contributed by atoms with van der Waals surface area (Å²) in [6.45, 7) is 1.48. The first kappa shape index (κ1) is 16.7. The van der Waals surface area contributed by atoms with E-state index in [2.05, 4.69) is 5.32 Å². The Morgan fingerprint density at radius 3 is 2.80 bits per heavy atom. The van der Waals surface area contributed by atoms with Crippen molar-refractivity contribution in [1.82, 2.24) is 15.1 Å². The third-order valence-electron chi connectivity index (χ3n) is 3.32. The van der Waals surface area contributed by atoms with E-state index >= 15 is 0 Å². The van der Waals surface area contributed by atoms with Gasteiger partial charge in [0.1, 0.15) is 0 Å². The molecule has 0 aromatic heterocycles. The minimum absolute atomic E-state index is 0.0677. The summed E-state index contributed by atoms with van der Waals surface area (Å²) in [5.41, 5.74) is 0. The molecule has 7 heteroatoms. The van der Waals surface area contributed by atoms with Crippen LogP contribution >= 0.6 is 0 Å². The summed E-state index contributed by atoms with van der Waals surface area (Å²) in [6, 6.07) is -0.0677. The second-order valence-electron chi connectivity index (χ2n) is 5.32. The van der Waals surface area contributed by atoms with E-state index in [0.717, 1.165) is 12.8 Å². The van der Waals surface area contributed by atoms with E-state index < -0.39 is 6.10 Å². The molecule has 7 nitrogen and oxygen atoms in total. The Kier molecular flexibility index (Phi) is 6.74. The molecule has 0 saturated carbocycles. The first-order valence-corrected chi connectivity index (χ1v) is 6.86. The molecule has 0 radical (unpaired) electrons. The molecule has 0 bridgehead atoms. The van der Waals surface area contributed by atoms with Gasteiger partial charge >= 0.3 is 6.03 Å². The van der Waals surface area contributed by atoms with Gasteiger partial charge in [0.15, 0.2) is 0 Å². The zero-order chi connectivity index (χ0) is 15.1. The fraction of sp³-hybridized carbons (Fsp3) is 0.846. The van der Waals surface area contributed by atoms with Crippen molar-refractivity contribution in [3.8, 4) is 0 Å². The maximum Gasteiger partial charge on any atom is 0.319 e. The molecule has 1 heterocycles. The smallest absolute Gasteiger partial charge is 0.319 e. The van der Waals surface area contributed by atoms with Crippen LogP contribution in [0.25, 0.3) is 0 Å². The molecule has 0 aromatic rings. The number of carbonyl (C=O) groups excluding carboxylic acids is 2. The molecule has 116 valence electrons. The number of aliphatic hydroxyl groups excluding tert-OH is 1. The Balaban J connectivity index is 2.42. The van der Waals surface area contributed by atoms with Gasteiger partial charge in [0.05, 0.1) is 18.6 Å². The highest BCUT2D eigenvalue weighted by Crippen LogP contribution is 2.17. The van der Waals surface area contributed by atoms with Crippen LogP contribution in [0.15, 0.2) is 0 Å². The SMILES string of the molecule is COCC(O)CNC(=O)C1CCCN(C(=O)N(C)C)C1. The van der Waals surface area contributed by atoms with Crippen molar-refractivity contribution in [2.24, 2.45) is 5.92 Å². The van der Waals surface area contributed by atoms with E-state index in [0.29, 0.717) is 13.1 Å². The van der Waals surface area contributed by atoms with Crippen LogP contribution in [-0.4, -0.2) is 80.4 Å². The summed E-state index contributed by atoms with van der Waals surface area (Å²) < 4.78 is 4.80. The summed E-state index contributed by atoms with van der Waals surface area (Å²) in [5, 5.41) is 12.2. The summed E-state index contributed by atoms with van der Waals surface area (Å²) in [7, 11) is 4.90. The lowest BCUT2D eigenvalue weighted by Crippen LogP contribution is -2.49. The number of piperidine rings is 1. The molecule has 2 N–H and O–H groups in total. The van der Waals surface area contributed by atoms with Crippen molar-refractivity contribution in [2.75, 3.05) is 47.4 Å². The average Bonchev–Trinajstić information content (AvgIpc) is 2.44. The first-order chi connectivity index (χ1) is 9.45. The summed E-state index contributed by atoms with van der Waals surface area (Å²) in [4.78, 5) is 27.1. The molecule has 1 saturated heterocycles. The zero-order valence-corrected chi connectivity index (χ0v) is 12.5. The van der Waals surface area contributed by atoms with Crippen molar-refractivity contribution < 1.29 is 19.4 Å². The van der Waals surface area contributed by atoms with Gasteiger partial charge in [0, 0.05) is 40.8 Å². The standard InChI is InChI=1S/C13H25N3O4/c1-15(2)13(19)16-6-4-5-10(8-16)12(18)14-7-11(17)9-20-3/h10-11,17H,4-9H2,1-3H3,(H,14,18). The molecule has 0 spiro atoms. The highest BCUT2D eigenvalue weighted by atomic mass is 16.5. The number of amides is 3. The van der Waals surface area contributed by atoms with Crippen LogP contribution in [0.3, 0.4) is 0 Å². The van der Waals surface area contributed by atoms with Gasteiger partial charge in [-0.1, -0.05) is 0 Å². The molecule has 1 fully saturated rings. The van der Waals surface area contributed by atoms with Gasteiger partial charge in [-0.15, -0.1) is 0 Å². The number of hydrogen-bond donors (Lipinski definition) is 2. The molecular weight excluding hydrogens is 262 g/mol. The van der Waals surface area contributed by atoms with Crippen molar-refractivity contribution in [1.29, 1.82) is 0 Å². The number of ether oxygens (including phenoxy) is 1. The van der Waals surface area contributed by atoms with E-state index in [1.54, 1.807) is 19.0 Å². The minimum atomic E-state index is -0.702. The summed E-state index contributed by atoms with van der Waals surface area (Å²) >= 11 is 0. The van der Waals surface area contributed by atoms with Crippen molar-refractivity contribution in [3.63, 3.8) is 0 Å². The van der Waals surface area contributed by atoms with Crippen molar-refractivity contribution >= 4 is 11.9 Å². The van der Waals surface area contributed by atoms with Gasteiger partial charge in [-0.05, 0) is 12.8 Å². The molecule has 0 aromatic carbocycles. The van der Waals surface area contributed by atoms with Crippen LogP contribution in [0.5, 0.6) is 0 Å². The monoisotopic (exact) mass is 287 g/mol. The van der Waals surface area contributed by atoms with Crippen molar-refractivity contribution in [2.45, 2.75) is 18.9 Å². The number of nitrogens with one attached hydrogen (secondary N) is 1. The fourth-order valence-corrected chi connectivity index (χ4v) is 2.26. The van der Waals surface area contributed by atoms with Crippen LogP contribution < -0.4 is 5.32 Å². The molecule has 1 aliphatic rings. The Morgan fingerprint density at radius 2 is 2.20 bits per heavy atom. The van der Waals surface area contributed by atoms with E-state index in [4.69, 9.17) is 4.74 Å². The fourth-order valence-electron chi connectivity index (χ4n) is 2.26. The Labute approximate surface area is 119 Å². The van der Waals surface area contributed by atoms with Crippen molar-refractivity contribution in [3.05, 3.63) is 0 Å². The zero-order valence-electron chi connectivity index (χ0n) is 12.5. The van der Waals surface area contributed by atoms with Crippen LogP contribution in [0, 0.1) is 5.92 Å². The second kappa shape index (κ2) is 8.06. The minimum Gasteiger partial charge on any atom is -0.389 e. The number of likely N-dealkylation sites (tertiary alicyclic amines) is 1. The highest BCUT2D eigenvalue weighted by Gasteiger charge is 2.29. The number of carbonyl (C=O) groups is 2. The lowest BCUT2D eigenvalue weighted by atomic mass is 9.97. The third kappa shape index (κ3) is 4.97. The number of aliphatic hydroxyl groups is 1. The Bertz CT molecular complexity index is 336. The van der Waals surface area contributed by atoms with Gasteiger partial charge in [-0.25, -0.2) is 4.79 Å². The summed E-state index contributed by atoms with van der Waals surface area (Å²) in [5.74, 6) is -0.321. The lowest BCUT2D eigenvalue weighted by Gasteiger charge is -2.33. The van der Waals surface area contributed by atoms with Gasteiger partial charge in [-0.3, -0.25) is 4.79 Å². The molecule has 3 amide bonds. The van der Waals surface area contributed by atoms with E-state index in [9.17, 15) is 14.7 Å². The summed E-state index contributed by atoms with van der Waals surface area (Å²) in [6.07, 6.45) is 0.883. The number of methoxy groups -OCH3 is 1. The number of urea groups is 1. The van der Waals surface area contributed by atoms with Crippen LogP contribution in [0.4, 0.5) is 4.79 Å². The predicted molar refractivity (Wildman–Crippen MR) is 74.3 cm³/mol. The molecule has 1 rings (SSSR count). The van der Waals surface area contributed by atoms with Gasteiger partial charge in [0.2, 0.25) is 5.91 Å². The molecule has 2 atom stereocenters. The number of nitrogens with zero attached hydrogens (tertiary/aromatic N) is 2. The number of rotatable bonds is 5. The molecule has 2 unspecified atom stereocenters. The predicted octanol–water partition coefficient (Wildman–Crippen LogP) is -0.496. The molecule has 1 aliphatic heterocycles. The normalized spacial score (nSPS) is 20.4. The largest absolute Gasteiger partial charge is 0.389 e. The quantitative estimate of drug-likeness (QED) is 0.714. The molecular formula is C13H25N3O4. The molecule has 0 aliphatic carbocycles. The topological polar surface area (TPSA) is 82.1 Å². The van der Waals surface area contributed by atoms with Gasteiger partial charge in [0.25, 0.3) is 0 Å². The number of hydrogen-bond acceptors (Lipinski definition) is 4. The highest BCUT2D eigenvalue weighted by molar-refractivity contribution is 5.80. The van der Waals surface area contributed by atoms with Gasteiger partial charge < -0.3 is 25.0 Å².